The van der Waals surface area contributed by atoms with Gasteiger partial charge in [-0.3, -0.25) is 9.48 Å². The molecule has 0 atom stereocenters. The molecule has 3 aromatic heterocycles. The predicted molar refractivity (Wildman–Crippen MR) is 130 cm³/mol. The first-order valence-corrected chi connectivity index (χ1v) is 10.7. The van der Waals surface area contributed by atoms with Crippen molar-refractivity contribution in [3.63, 3.8) is 0 Å². The fraction of sp³-hybridized carbons (Fsp3) is 0.250. The van der Waals surface area contributed by atoms with Crippen molar-refractivity contribution in [1.29, 1.82) is 0 Å². The van der Waals surface area contributed by atoms with Gasteiger partial charge < -0.3 is 20.5 Å². The maximum atomic E-state index is 12.0. The molecule has 33 heavy (non-hydrogen) atoms. The Balaban J connectivity index is 1.62. The van der Waals surface area contributed by atoms with E-state index in [1.54, 1.807) is 6.92 Å². The lowest BCUT2D eigenvalue weighted by Crippen LogP contribution is -2.45. The van der Waals surface area contributed by atoms with Crippen LogP contribution in [-0.4, -0.2) is 55.3 Å². The van der Waals surface area contributed by atoms with Gasteiger partial charge in [0.15, 0.2) is 0 Å². The highest BCUT2D eigenvalue weighted by molar-refractivity contribution is 6.08. The van der Waals surface area contributed by atoms with Crippen molar-refractivity contribution in [3.05, 3.63) is 55.1 Å². The van der Waals surface area contributed by atoms with Crippen molar-refractivity contribution in [1.82, 2.24) is 29.2 Å². The smallest absolute Gasteiger partial charge is 0.250 e. The lowest BCUT2D eigenvalue weighted by molar-refractivity contribution is -0.112. The van der Waals surface area contributed by atoms with Gasteiger partial charge in [0.25, 0.3) is 5.91 Å². The number of fused-ring (bicyclic) bond motifs is 1. The van der Waals surface area contributed by atoms with Gasteiger partial charge in [0.05, 0.1) is 23.3 Å². The maximum absolute atomic E-state index is 12.0. The zero-order chi connectivity index (χ0) is 23.3. The molecular weight excluding hydrogens is 416 g/mol. The van der Waals surface area contributed by atoms with E-state index in [1.165, 1.54) is 6.33 Å². The second-order valence-electron chi connectivity index (χ2n) is 8.64. The number of aryl methyl sites for hydroxylation is 1. The quantitative estimate of drug-likeness (QED) is 0.460. The Morgan fingerprint density at radius 2 is 1.88 bits per heavy atom. The maximum Gasteiger partial charge on any atom is 0.250 e. The van der Waals surface area contributed by atoms with Gasteiger partial charge in [-0.1, -0.05) is 18.7 Å². The van der Waals surface area contributed by atoms with E-state index < -0.39 is 0 Å². The van der Waals surface area contributed by atoms with E-state index in [4.69, 9.17) is 5.73 Å². The number of hydrogen-bond donors (Lipinski definition) is 2. The van der Waals surface area contributed by atoms with Gasteiger partial charge in [0.2, 0.25) is 0 Å². The summed E-state index contributed by atoms with van der Waals surface area (Å²) in [6.45, 7) is 7.32. The Hall–Kier alpha value is -3.98. The number of amides is 1. The third kappa shape index (κ3) is 3.56. The van der Waals surface area contributed by atoms with E-state index in [2.05, 4.69) is 45.1 Å². The molecule has 5 rings (SSSR count). The second-order valence-corrected chi connectivity index (χ2v) is 8.64. The number of nitrogens with one attached hydrogen (secondary N) is 1. The average Bonchev–Trinajstić information content (AvgIpc) is 3.36. The number of nitrogen functional groups attached to an aromatic ring is 1. The molecule has 3 N–H and O–H groups in total. The summed E-state index contributed by atoms with van der Waals surface area (Å²) in [5.74, 6) is 0.225. The molecule has 168 valence electrons. The fourth-order valence-corrected chi connectivity index (χ4v) is 4.34. The van der Waals surface area contributed by atoms with Crippen LogP contribution in [0.25, 0.3) is 33.4 Å². The normalized spacial score (nSPS) is 14.4. The number of nitrogens with two attached hydrogens (primary N) is 1. The van der Waals surface area contributed by atoms with Gasteiger partial charge in [0.1, 0.15) is 17.8 Å². The predicted octanol–water partition coefficient (Wildman–Crippen LogP) is 3.08. The lowest BCUT2D eigenvalue weighted by atomic mass is 10.0. The van der Waals surface area contributed by atoms with Gasteiger partial charge in [0, 0.05) is 48.7 Å². The van der Waals surface area contributed by atoms with Crippen LogP contribution < -0.4 is 11.1 Å². The molecule has 0 spiro atoms. The molecule has 9 nitrogen and oxygen atoms in total. The van der Waals surface area contributed by atoms with Crippen LogP contribution in [0.5, 0.6) is 0 Å². The summed E-state index contributed by atoms with van der Waals surface area (Å²) in [5.41, 5.74) is 12.1. The number of hydrogen-bond acceptors (Lipinski definition) is 6. The van der Waals surface area contributed by atoms with Gasteiger partial charge in [-0.2, -0.15) is 5.10 Å². The fourth-order valence-electron chi connectivity index (χ4n) is 4.34. The van der Waals surface area contributed by atoms with Crippen LogP contribution in [0.15, 0.2) is 55.1 Å². The largest absolute Gasteiger partial charge is 0.383 e. The molecule has 0 bridgehead atoms. The van der Waals surface area contributed by atoms with Crippen molar-refractivity contribution in [3.8, 4) is 22.4 Å². The number of carbonyl (C=O) groups excluding carboxylic acids is 1. The molecule has 4 heterocycles. The summed E-state index contributed by atoms with van der Waals surface area (Å²) in [7, 11) is 4.07. The number of likely N-dealkylation sites (tertiary alicyclic amines) is 1. The number of benzene rings is 1. The minimum atomic E-state index is -0.204. The van der Waals surface area contributed by atoms with Gasteiger partial charge in [-0.25, -0.2) is 9.97 Å². The number of rotatable bonds is 5. The number of carbonyl (C=O) groups is 1. The minimum Gasteiger partial charge on any atom is -0.383 e. The first kappa shape index (κ1) is 20.9. The molecule has 1 aliphatic rings. The molecule has 1 aliphatic heterocycles. The molecular formula is C24H26N8O. The van der Waals surface area contributed by atoms with Crippen LogP contribution in [0.2, 0.25) is 0 Å². The van der Waals surface area contributed by atoms with E-state index in [9.17, 15) is 4.79 Å². The van der Waals surface area contributed by atoms with E-state index in [0.717, 1.165) is 46.5 Å². The summed E-state index contributed by atoms with van der Waals surface area (Å²) in [5, 5.41) is 8.29. The van der Waals surface area contributed by atoms with Crippen molar-refractivity contribution in [2.45, 2.75) is 13.0 Å². The van der Waals surface area contributed by atoms with Crippen LogP contribution in [-0.2, 0) is 11.8 Å². The highest BCUT2D eigenvalue weighted by atomic mass is 16.1. The molecule has 1 aromatic carbocycles. The zero-order valence-corrected chi connectivity index (χ0v) is 18.9. The van der Waals surface area contributed by atoms with Crippen LogP contribution in [0, 0.1) is 0 Å². The van der Waals surface area contributed by atoms with Gasteiger partial charge in [-0.15, -0.1) is 0 Å². The summed E-state index contributed by atoms with van der Waals surface area (Å²) in [4.78, 5) is 23.0. The Morgan fingerprint density at radius 3 is 2.55 bits per heavy atom. The van der Waals surface area contributed by atoms with E-state index in [0.29, 0.717) is 23.1 Å². The van der Waals surface area contributed by atoms with Crippen LogP contribution >= 0.6 is 0 Å². The van der Waals surface area contributed by atoms with E-state index >= 15 is 0 Å². The summed E-state index contributed by atoms with van der Waals surface area (Å²) >= 11 is 0. The van der Waals surface area contributed by atoms with Crippen molar-refractivity contribution in [2.75, 3.05) is 31.2 Å². The number of likely N-dealkylation sites (N-methyl/N-ethyl adjacent to an activating group) is 1. The molecule has 0 unspecified atom stereocenters. The number of nitrogens with zero attached hydrogens (tertiary/aromatic N) is 6. The van der Waals surface area contributed by atoms with Crippen molar-refractivity contribution >= 4 is 28.4 Å². The van der Waals surface area contributed by atoms with Crippen LogP contribution in [0.3, 0.4) is 0 Å². The SMILES string of the molecule is C=C(C)C(=O)Nc1ccc(-c2c(-c3cnn(C4CN(C)C4)c3)c3c(N)ncnc3n2C)cc1. The van der Waals surface area contributed by atoms with Crippen LogP contribution in [0.1, 0.15) is 13.0 Å². The number of aromatic nitrogens is 5. The summed E-state index contributed by atoms with van der Waals surface area (Å²) in [6, 6.07) is 8.06. The zero-order valence-electron chi connectivity index (χ0n) is 18.9. The Morgan fingerprint density at radius 1 is 1.15 bits per heavy atom. The lowest BCUT2D eigenvalue weighted by Gasteiger charge is -2.36. The first-order chi connectivity index (χ1) is 15.8. The van der Waals surface area contributed by atoms with E-state index in [-0.39, 0.29) is 5.91 Å². The third-order valence-corrected chi connectivity index (χ3v) is 6.11. The van der Waals surface area contributed by atoms with Gasteiger partial charge in [-0.05, 0) is 31.7 Å². The molecule has 4 aromatic rings. The Bertz CT molecular complexity index is 1380. The van der Waals surface area contributed by atoms with Crippen LogP contribution in [0.4, 0.5) is 11.5 Å². The van der Waals surface area contributed by atoms with Gasteiger partial charge >= 0.3 is 0 Å². The molecule has 0 saturated carbocycles. The highest BCUT2D eigenvalue weighted by Crippen LogP contribution is 2.41. The van der Waals surface area contributed by atoms with Crippen molar-refractivity contribution in [2.24, 2.45) is 7.05 Å². The molecule has 0 radical (unpaired) electrons. The summed E-state index contributed by atoms with van der Waals surface area (Å²) in [6.07, 6.45) is 5.43. The average molecular weight is 443 g/mol. The Labute approximate surface area is 191 Å². The second kappa shape index (κ2) is 7.86. The Kier molecular flexibility index (Phi) is 4.98. The van der Waals surface area contributed by atoms with Crippen molar-refractivity contribution < 1.29 is 4.79 Å². The molecule has 0 aliphatic carbocycles. The molecule has 9 heteroatoms. The minimum absolute atomic E-state index is 0.204. The third-order valence-electron chi connectivity index (χ3n) is 6.11. The standard InChI is InChI=1S/C24H26N8O/c1-14(2)24(33)29-17-7-5-15(6-8-17)21-19(20-22(25)26-13-27-23(20)31(21)4)16-9-28-32(10-16)18-11-30(3)12-18/h5-10,13,18H,1,11-12H2,2-4H3,(H,29,33)(H2,25,26,27). The first-order valence-electron chi connectivity index (χ1n) is 10.7. The molecule has 1 amide bonds. The molecule has 1 saturated heterocycles. The number of anilines is 2. The van der Waals surface area contributed by atoms with E-state index in [1.807, 2.05) is 46.8 Å². The molecule has 1 fully saturated rings. The highest BCUT2D eigenvalue weighted by Gasteiger charge is 2.27. The monoisotopic (exact) mass is 442 g/mol. The summed E-state index contributed by atoms with van der Waals surface area (Å²) < 4.78 is 4.05. The topological polar surface area (TPSA) is 107 Å².